The molecule has 0 bridgehead atoms. The highest BCUT2D eigenvalue weighted by molar-refractivity contribution is 5.94. The van der Waals surface area contributed by atoms with Crippen molar-refractivity contribution in [3.8, 4) is 0 Å². The van der Waals surface area contributed by atoms with Gasteiger partial charge in [-0.05, 0) is 56.5 Å². The van der Waals surface area contributed by atoms with E-state index in [-0.39, 0.29) is 23.9 Å². The van der Waals surface area contributed by atoms with E-state index in [0.717, 1.165) is 30.7 Å². The van der Waals surface area contributed by atoms with Gasteiger partial charge in [-0.25, -0.2) is 4.79 Å². The van der Waals surface area contributed by atoms with Gasteiger partial charge in [0.1, 0.15) is 5.76 Å². The topological polar surface area (TPSA) is 74.6 Å². The van der Waals surface area contributed by atoms with Crippen LogP contribution in [0.4, 0.5) is 4.79 Å². The highest BCUT2D eigenvalue weighted by Crippen LogP contribution is 2.27. The summed E-state index contributed by atoms with van der Waals surface area (Å²) in [5.74, 6) is 0.839. The molecule has 2 aromatic rings. The zero-order chi connectivity index (χ0) is 19.2. The minimum atomic E-state index is -0.126. The SMILES string of the molecule is CC(C)NC(=O)N1CCC[C@H](c2cccc(C(=O)NCc3ccco3)c2)C1. The van der Waals surface area contributed by atoms with E-state index in [2.05, 4.69) is 10.6 Å². The molecular formula is C21H27N3O3. The second-order valence-corrected chi connectivity index (χ2v) is 7.28. The Balaban J connectivity index is 1.63. The number of likely N-dealkylation sites (tertiary alicyclic amines) is 1. The van der Waals surface area contributed by atoms with Crippen molar-refractivity contribution in [2.75, 3.05) is 13.1 Å². The molecule has 144 valence electrons. The van der Waals surface area contributed by atoms with Crippen molar-refractivity contribution in [2.45, 2.75) is 45.2 Å². The van der Waals surface area contributed by atoms with Crippen LogP contribution in [-0.2, 0) is 6.54 Å². The fourth-order valence-corrected chi connectivity index (χ4v) is 3.39. The van der Waals surface area contributed by atoms with Gasteiger partial charge in [0.2, 0.25) is 0 Å². The van der Waals surface area contributed by atoms with Gasteiger partial charge in [-0.2, -0.15) is 0 Å². The third kappa shape index (κ3) is 5.12. The van der Waals surface area contributed by atoms with Crippen LogP contribution in [0.15, 0.2) is 47.1 Å². The van der Waals surface area contributed by atoms with Crippen LogP contribution in [0.3, 0.4) is 0 Å². The molecule has 3 amide bonds. The van der Waals surface area contributed by atoms with Gasteiger partial charge in [-0.15, -0.1) is 0 Å². The molecule has 0 saturated carbocycles. The molecular weight excluding hydrogens is 342 g/mol. The summed E-state index contributed by atoms with van der Waals surface area (Å²) in [5.41, 5.74) is 1.73. The number of amides is 3. The predicted molar refractivity (Wildman–Crippen MR) is 104 cm³/mol. The van der Waals surface area contributed by atoms with E-state index in [4.69, 9.17) is 4.42 Å². The van der Waals surface area contributed by atoms with Gasteiger partial charge in [0.05, 0.1) is 12.8 Å². The average molecular weight is 369 g/mol. The first kappa shape index (κ1) is 19.0. The lowest BCUT2D eigenvalue weighted by Crippen LogP contribution is -2.47. The second-order valence-electron chi connectivity index (χ2n) is 7.28. The lowest BCUT2D eigenvalue weighted by Gasteiger charge is -2.33. The number of nitrogens with one attached hydrogen (secondary N) is 2. The molecule has 27 heavy (non-hydrogen) atoms. The molecule has 1 aromatic heterocycles. The standard InChI is InChI=1S/C21H27N3O3/c1-15(2)23-21(26)24-10-4-8-18(14-24)16-6-3-7-17(12-16)20(25)22-13-19-9-5-11-27-19/h3,5-7,9,11-12,15,18H,4,8,10,13-14H2,1-2H3,(H,22,25)(H,23,26)/t18-/m0/s1. The number of rotatable bonds is 5. The minimum absolute atomic E-state index is 0.0120. The summed E-state index contributed by atoms with van der Waals surface area (Å²) >= 11 is 0. The number of nitrogens with zero attached hydrogens (tertiary/aromatic N) is 1. The van der Waals surface area contributed by atoms with Gasteiger partial charge < -0.3 is 20.0 Å². The summed E-state index contributed by atoms with van der Waals surface area (Å²) in [5, 5.41) is 5.83. The number of carbonyl (C=O) groups excluding carboxylic acids is 2. The van der Waals surface area contributed by atoms with E-state index in [1.54, 1.807) is 12.3 Å². The highest BCUT2D eigenvalue weighted by Gasteiger charge is 2.25. The fraction of sp³-hybridized carbons (Fsp3) is 0.429. The molecule has 1 aliphatic heterocycles. The number of furan rings is 1. The average Bonchev–Trinajstić information content (AvgIpc) is 3.19. The molecule has 2 heterocycles. The van der Waals surface area contributed by atoms with E-state index >= 15 is 0 Å². The van der Waals surface area contributed by atoms with Crippen LogP contribution in [0.2, 0.25) is 0 Å². The number of benzene rings is 1. The van der Waals surface area contributed by atoms with Crippen molar-refractivity contribution >= 4 is 11.9 Å². The molecule has 0 unspecified atom stereocenters. The monoisotopic (exact) mass is 369 g/mol. The molecule has 1 saturated heterocycles. The molecule has 1 atom stereocenters. The van der Waals surface area contributed by atoms with Crippen LogP contribution in [0.1, 0.15) is 54.3 Å². The van der Waals surface area contributed by atoms with Crippen molar-refractivity contribution in [2.24, 2.45) is 0 Å². The zero-order valence-corrected chi connectivity index (χ0v) is 15.9. The molecule has 6 nitrogen and oxygen atoms in total. The Morgan fingerprint density at radius 2 is 2.11 bits per heavy atom. The second kappa shape index (κ2) is 8.75. The number of urea groups is 1. The van der Waals surface area contributed by atoms with Gasteiger partial charge in [0.15, 0.2) is 0 Å². The number of hydrogen-bond acceptors (Lipinski definition) is 3. The summed E-state index contributed by atoms with van der Waals surface area (Å²) in [6.07, 6.45) is 3.57. The Morgan fingerprint density at radius 3 is 2.85 bits per heavy atom. The molecule has 3 rings (SSSR count). The molecule has 0 radical (unpaired) electrons. The lowest BCUT2D eigenvalue weighted by atomic mass is 9.89. The highest BCUT2D eigenvalue weighted by atomic mass is 16.3. The normalized spacial score (nSPS) is 17.0. The Labute approximate surface area is 159 Å². The van der Waals surface area contributed by atoms with Crippen LogP contribution < -0.4 is 10.6 Å². The van der Waals surface area contributed by atoms with Crippen LogP contribution in [0.25, 0.3) is 0 Å². The molecule has 2 N–H and O–H groups in total. The first-order valence-electron chi connectivity index (χ1n) is 9.49. The van der Waals surface area contributed by atoms with Gasteiger partial charge in [0.25, 0.3) is 5.91 Å². The summed E-state index contributed by atoms with van der Waals surface area (Å²) in [6.45, 7) is 5.74. The zero-order valence-electron chi connectivity index (χ0n) is 15.9. The summed E-state index contributed by atoms with van der Waals surface area (Å²) < 4.78 is 5.24. The predicted octanol–water partition coefficient (Wildman–Crippen LogP) is 3.51. The first-order chi connectivity index (χ1) is 13.0. The van der Waals surface area contributed by atoms with Crippen LogP contribution in [0, 0.1) is 0 Å². The van der Waals surface area contributed by atoms with E-state index in [1.165, 1.54) is 0 Å². The Morgan fingerprint density at radius 1 is 1.26 bits per heavy atom. The van der Waals surface area contributed by atoms with Gasteiger partial charge in [-0.3, -0.25) is 4.79 Å². The quantitative estimate of drug-likeness (QED) is 0.847. The summed E-state index contributed by atoms with van der Waals surface area (Å²) in [6, 6.07) is 11.4. The maximum Gasteiger partial charge on any atom is 0.317 e. The third-order valence-electron chi connectivity index (χ3n) is 4.74. The van der Waals surface area contributed by atoms with Gasteiger partial charge >= 0.3 is 6.03 Å². The molecule has 0 spiro atoms. The van der Waals surface area contributed by atoms with Crippen molar-refractivity contribution in [1.29, 1.82) is 0 Å². The van der Waals surface area contributed by atoms with E-state index in [9.17, 15) is 9.59 Å². The first-order valence-corrected chi connectivity index (χ1v) is 9.49. The van der Waals surface area contributed by atoms with Crippen LogP contribution in [-0.4, -0.2) is 36.0 Å². The van der Waals surface area contributed by atoms with E-state index < -0.39 is 0 Å². The van der Waals surface area contributed by atoms with Crippen LogP contribution >= 0.6 is 0 Å². The fourth-order valence-electron chi connectivity index (χ4n) is 3.39. The third-order valence-corrected chi connectivity index (χ3v) is 4.74. The van der Waals surface area contributed by atoms with E-state index in [0.29, 0.717) is 18.7 Å². The number of carbonyl (C=O) groups is 2. The molecule has 1 aliphatic rings. The smallest absolute Gasteiger partial charge is 0.317 e. The molecule has 6 heteroatoms. The maximum absolute atomic E-state index is 12.4. The van der Waals surface area contributed by atoms with Gasteiger partial charge in [0, 0.05) is 30.6 Å². The molecule has 1 fully saturated rings. The van der Waals surface area contributed by atoms with Crippen LogP contribution in [0.5, 0.6) is 0 Å². The maximum atomic E-state index is 12.4. The van der Waals surface area contributed by atoms with Crippen molar-refractivity contribution in [1.82, 2.24) is 15.5 Å². The van der Waals surface area contributed by atoms with Crippen molar-refractivity contribution in [3.05, 3.63) is 59.5 Å². The largest absolute Gasteiger partial charge is 0.467 e. The van der Waals surface area contributed by atoms with Crippen molar-refractivity contribution < 1.29 is 14.0 Å². The Kier molecular flexibility index (Phi) is 6.16. The minimum Gasteiger partial charge on any atom is -0.467 e. The number of hydrogen-bond donors (Lipinski definition) is 2. The Bertz CT molecular complexity index is 771. The lowest BCUT2D eigenvalue weighted by molar-refractivity contribution is 0.0947. The summed E-state index contributed by atoms with van der Waals surface area (Å²) in [4.78, 5) is 26.6. The van der Waals surface area contributed by atoms with E-state index in [1.807, 2.05) is 49.1 Å². The molecule has 1 aromatic carbocycles. The summed E-state index contributed by atoms with van der Waals surface area (Å²) in [7, 11) is 0. The molecule has 0 aliphatic carbocycles. The van der Waals surface area contributed by atoms with Gasteiger partial charge in [-0.1, -0.05) is 12.1 Å². The Hall–Kier alpha value is -2.76. The number of piperidine rings is 1. The van der Waals surface area contributed by atoms with Crippen molar-refractivity contribution in [3.63, 3.8) is 0 Å².